The van der Waals surface area contributed by atoms with Gasteiger partial charge in [-0.15, -0.1) is 0 Å². The first-order valence-electron chi connectivity index (χ1n) is 10.8. The Morgan fingerprint density at radius 3 is 3.03 bits per heavy atom. The Hall–Kier alpha value is -3.10. The molecule has 2 heterocycles. The monoisotopic (exact) mass is 421 g/mol. The Bertz CT molecular complexity index is 920. The summed E-state index contributed by atoms with van der Waals surface area (Å²) in [7, 11) is 1.63. The third kappa shape index (κ3) is 5.15. The van der Waals surface area contributed by atoms with Gasteiger partial charge in [0.25, 0.3) is 5.91 Å². The van der Waals surface area contributed by atoms with Crippen molar-refractivity contribution in [3.8, 4) is 0 Å². The molecule has 1 saturated heterocycles. The quantitative estimate of drug-likeness (QED) is 0.453. The van der Waals surface area contributed by atoms with Gasteiger partial charge in [0.2, 0.25) is 0 Å². The predicted octanol–water partition coefficient (Wildman–Crippen LogP) is 1.20. The predicted molar refractivity (Wildman–Crippen MR) is 124 cm³/mol. The van der Waals surface area contributed by atoms with E-state index in [-0.39, 0.29) is 12.2 Å². The van der Waals surface area contributed by atoms with Crippen LogP contribution in [0.25, 0.3) is 0 Å². The number of aliphatic imine (C=N–C) groups is 1. The summed E-state index contributed by atoms with van der Waals surface area (Å²) in [6.45, 7) is 3.82. The molecule has 1 aromatic rings. The van der Waals surface area contributed by atoms with Crippen molar-refractivity contribution in [1.82, 2.24) is 20.9 Å². The number of carbonyl (C=O) groups is 1. The fourth-order valence-electron chi connectivity index (χ4n) is 4.30. The molecule has 3 aliphatic rings. The summed E-state index contributed by atoms with van der Waals surface area (Å²) in [5, 5.41) is 12.8. The number of hydrogen-bond acceptors (Lipinski definition) is 7. The van der Waals surface area contributed by atoms with Crippen LogP contribution in [0.3, 0.4) is 0 Å². The Kier molecular flexibility index (Phi) is 6.69. The minimum absolute atomic E-state index is 0.133. The van der Waals surface area contributed by atoms with Gasteiger partial charge in [0.15, 0.2) is 6.29 Å². The largest absolute Gasteiger partial charge is 0.355 e. The van der Waals surface area contributed by atoms with Gasteiger partial charge in [-0.25, -0.2) is 4.99 Å². The highest BCUT2D eigenvalue weighted by molar-refractivity contribution is 5.99. The van der Waals surface area contributed by atoms with E-state index in [1.807, 2.05) is 24.3 Å². The fraction of sp³-hybridized carbons (Fsp3) is 0.391. The summed E-state index contributed by atoms with van der Waals surface area (Å²) >= 11 is 0. The van der Waals surface area contributed by atoms with Crippen LogP contribution in [0.2, 0.25) is 0 Å². The number of anilines is 1. The first kappa shape index (κ1) is 21.1. The maximum absolute atomic E-state index is 12.1. The summed E-state index contributed by atoms with van der Waals surface area (Å²) in [6, 6.07) is 7.41. The van der Waals surface area contributed by atoms with Crippen LogP contribution in [-0.2, 0) is 0 Å². The number of likely N-dealkylation sites (tertiary alicyclic amines) is 1. The number of nitrogens with one attached hydrogen (secondary N) is 4. The Balaban J connectivity index is 1.38. The molecule has 8 nitrogen and oxygen atoms in total. The van der Waals surface area contributed by atoms with E-state index in [2.05, 4.69) is 49.4 Å². The lowest BCUT2D eigenvalue weighted by Crippen LogP contribution is -2.45. The van der Waals surface area contributed by atoms with Crippen molar-refractivity contribution >= 4 is 17.8 Å². The molecule has 31 heavy (non-hydrogen) atoms. The number of nitrogens with zero attached hydrogens (tertiary/aromatic N) is 2. The lowest BCUT2D eigenvalue weighted by atomic mass is 9.82. The van der Waals surface area contributed by atoms with Crippen molar-refractivity contribution in [3.05, 3.63) is 65.7 Å². The number of fused-ring (bicyclic) bond motifs is 1. The lowest BCUT2D eigenvalue weighted by Gasteiger charge is -2.38. The highest BCUT2D eigenvalue weighted by Crippen LogP contribution is 2.30. The molecule has 1 aliphatic carbocycles. The Labute approximate surface area is 183 Å². The molecule has 0 saturated carbocycles. The highest BCUT2D eigenvalue weighted by Gasteiger charge is 2.28. The van der Waals surface area contributed by atoms with E-state index in [9.17, 15) is 4.79 Å². The smallest absolute Gasteiger partial charge is 0.253 e. The number of amides is 1. The minimum atomic E-state index is -0.296. The zero-order valence-corrected chi connectivity index (χ0v) is 17.8. The van der Waals surface area contributed by atoms with Gasteiger partial charge in [-0.3, -0.25) is 4.79 Å². The summed E-state index contributed by atoms with van der Waals surface area (Å²) in [5.41, 5.74) is 8.13. The van der Waals surface area contributed by atoms with Gasteiger partial charge in [0, 0.05) is 38.6 Å². The van der Waals surface area contributed by atoms with Crippen molar-refractivity contribution in [3.63, 3.8) is 0 Å². The summed E-state index contributed by atoms with van der Waals surface area (Å²) in [4.78, 5) is 19.1. The molecule has 0 bridgehead atoms. The van der Waals surface area contributed by atoms with Crippen molar-refractivity contribution in [2.75, 3.05) is 38.5 Å². The molecule has 1 aromatic carbocycles. The van der Waals surface area contributed by atoms with Crippen molar-refractivity contribution in [2.24, 2.45) is 22.6 Å². The van der Waals surface area contributed by atoms with E-state index in [1.54, 1.807) is 19.3 Å². The minimum Gasteiger partial charge on any atom is -0.355 e. The van der Waals surface area contributed by atoms with Crippen LogP contribution in [0.5, 0.6) is 0 Å². The van der Waals surface area contributed by atoms with Gasteiger partial charge in [-0.2, -0.15) is 0 Å². The number of allylic oxidation sites excluding steroid dienone is 3. The molecule has 1 amide bonds. The van der Waals surface area contributed by atoms with E-state index in [1.165, 1.54) is 6.42 Å². The topological polar surface area (TPSA) is 107 Å². The second-order valence-electron chi connectivity index (χ2n) is 8.01. The average molecular weight is 422 g/mol. The molecule has 0 aromatic heterocycles. The van der Waals surface area contributed by atoms with Crippen LogP contribution in [0, 0.1) is 11.8 Å². The maximum Gasteiger partial charge on any atom is 0.253 e. The van der Waals surface area contributed by atoms with Gasteiger partial charge >= 0.3 is 0 Å². The standard InChI is InChI=1S/C23H31N7O/c1-25-22(31)19-4-2-3-5-20(19)28-21-8-11-26-23(29-21)27-18-7-6-16-9-12-30(13-10-24)15-17(16)14-18/h2-8,11,14,16-17,23,27-29H,9-10,12-13,15,24H2,1H3,(H,25,31). The van der Waals surface area contributed by atoms with E-state index >= 15 is 0 Å². The van der Waals surface area contributed by atoms with E-state index < -0.39 is 0 Å². The molecule has 4 rings (SSSR count). The molecule has 3 unspecified atom stereocenters. The fourth-order valence-corrected chi connectivity index (χ4v) is 4.30. The van der Waals surface area contributed by atoms with Crippen LogP contribution in [-0.4, -0.2) is 56.5 Å². The lowest BCUT2D eigenvalue weighted by molar-refractivity contribution is 0.0964. The molecular formula is C23H31N7O. The third-order valence-corrected chi connectivity index (χ3v) is 5.90. The van der Waals surface area contributed by atoms with Gasteiger partial charge in [-0.1, -0.05) is 24.3 Å². The molecular weight excluding hydrogens is 390 g/mol. The SMILES string of the molecule is CNC(=O)c1ccccc1NC1=CC=NC(NC2=CC3CN(CCN)CCC3C=C2)N1. The number of benzene rings is 1. The number of nitrogens with two attached hydrogens (primary N) is 1. The van der Waals surface area contributed by atoms with E-state index in [0.717, 1.165) is 36.8 Å². The average Bonchev–Trinajstić information content (AvgIpc) is 2.79. The van der Waals surface area contributed by atoms with Gasteiger partial charge in [0.05, 0.1) is 11.3 Å². The first-order valence-corrected chi connectivity index (χ1v) is 10.8. The summed E-state index contributed by atoms with van der Waals surface area (Å²) in [6.07, 6.45) is 11.3. The van der Waals surface area contributed by atoms with E-state index in [4.69, 9.17) is 5.73 Å². The van der Waals surface area contributed by atoms with Crippen molar-refractivity contribution in [1.29, 1.82) is 0 Å². The number of carbonyl (C=O) groups excluding carboxylic acids is 1. The molecule has 164 valence electrons. The number of hydrogen-bond donors (Lipinski definition) is 5. The molecule has 2 aliphatic heterocycles. The molecule has 0 radical (unpaired) electrons. The van der Waals surface area contributed by atoms with Crippen LogP contribution in [0.4, 0.5) is 5.69 Å². The van der Waals surface area contributed by atoms with Crippen molar-refractivity contribution in [2.45, 2.75) is 12.7 Å². The number of rotatable bonds is 7. The number of piperidine rings is 1. The molecule has 3 atom stereocenters. The van der Waals surface area contributed by atoms with Crippen LogP contribution in [0.1, 0.15) is 16.8 Å². The highest BCUT2D eigenvalue weighted by atomic mass is 16.1. The summed E-state index contributed by atoms with van der Waals surface area (Å²) < 4.78 is 0. The van der Waals surface area contributed by atoms with Gasteiger partial charge < -0.3 is 31.9 Å². The van der Waals surface area contributed by atoms with Crippen LogP contribution < -0.4 is 27.0 Å². The summed E-state index contributed by atoms with van der Waals surface area (Å²) in [5.74, 6) is 1.73. The van der Waals surface area contributed by atoms with Crippen LogP contribution in [0.15, 0.2) is 65.1 Å². The Morgan fingerprint density at radius 2 is 2.19 bits per heavy atom. The molecule has 6 N–H and O–H groups in total. The van der Waals surface area contributed by atoms with E-state index in [0.29, 0.717) is 23.9 Å². The molecule has 8 heteroatoms. The Morgan fingerprint density at radius 1 is 1.32 bits per heavy atom. The second-order valence-corrected chi connectivity index (χ2v) is 8.01. The normalized spacial score (nSPS) is 25.0. The zero-order chi connectivity index (χ0) is 21.6. The number of para-hydroxylation sites is 1. The molecule has 0 spiro atoms. The molecule has 1 fully saturated rings. The van der Waals surface area contributed by atoms with Gasteiger partial charge in [0.1, 0.15) is 5.82 Å². The third-order valence-electron chi connectivity index (χ3n) is 5.90. The van der Waals surface area contributed by atoms with Crippen LogP contribution >= 0.6 is 0 Å². The second kappa shape index (κ2) is 9.80. The maximum atomic E-state index is 12.1. The first-order chi connectivity index (χ1) is 15.2. The zero-order valence-electron chi connectivity index (χ0n) is 17.8. The van der Waals surface area contributed by atoms with Gasteiger partial charge in [-0.05, 0) is 49.1 Å². The van der Waals surface area contributed by atoms with Crippen molar-refractivity contribution < 1.29 is 4.79 Å².